The van der Waals surface area contributed by atoms with E-state index in [1.165, 1.54) is 31.7 Å². The molecule has 9 rings (SSSR count). The van der Waals surface area contributed by atoms with Crippen LogP contribution in [0.2, 0.25) is 0 Å². The van der Waals surface area contributed by atoms with Gasteiger partial charge in [0, 0.05) is 67.7 Å². The summed E-state index contributed by atoms with van der Waals surface area (Å²) in [6, 6.07) is 9.97. The maximum Gasteiger partial charge on any atom is 0.318 e. The Kier molecular flexibility index (Phi) is 6.24. The Labute approximate surface area is 256 Å². The second-order valence-corrected chi connectivity index (χ2v) is 14.2. The van der Waals surface area contributed by atoms with Gasteiger partial charge >= 0.3 is 6.01 Å². The Hall–Kier alpha value is -3.24. The van der Waals surface area contributed by atoms with E-state index < -0.39 is 6.17 Å². The molecular formula is C34H40F2N6O2. The second kappa shape index (κ2) is 10.1. The molecule has 1 aromatic heterocycles. The Bertz CT molecular complexity index is 1610. The van der Waals surface area contributed by atoms with Crippen LogP contribution in [0, 0.1) is 11.7 Å². The summed E-state index contributed by atoms with van der Waals surface area (Å²) in [5.41, 5.74) is 2.38. The first-order chi connectivity index (χ1) is 21.4. The monoisotopic (exact) mass is 602 g/mol. The fraction of sp³-hybridized carbons (Fsp3) is 0.588. The van der Waals surface area contributed by atoms with Crippen molar-refractivity contribution in [3.05, 3.63) is 47.4 Å². The molecule has 4 saturated heterocycles. The average Bonchev–Trinajstić information content (AvgIpc) is 3.75. The van der Waals surface area contributed by atoms with Crippen LogP contribution in [0.25, 0.3) is 10.8 Å². The molecule has 3 aromatic rings. The maximum absolute atomic E-state index is 15.1. The first-order valence-electron chi connectivity index (χ1n) is 16.5. The summed E-state index contributed by atoms with van der Waals surface area (Å²) >= 11 is 0. The Morgan fingerprint density at radius 3 is 2.75 bits per heavy atom. The van der Waals surface area contributed by atoms with Crippen LogP contribution in [-0.4, -0.2) is 82.6 Å². The molecule has 6 heterocycles. The van der Waals surface area contributed by atoms with Gasteiger partial charge < -0.3 is 25.0 Å². The quantitative estimate of drug-likeness (QED) is 0.435. The predicted octanol–water partition coefficient (Wildman–Crippen LogP) is 4.71. The molecule has 44 heavy (non-hydrogen) atoms. The van der Waals surface area contributed by atoms with Gasteiger partial charge in [-0.05, 0) is 62.0 Å². The molecule has 0 radical (unpaired) electrons. The molecular weight excluding hydrogens is 562 g/mol. The molecule has 0 spiro atoms. The van der Waals surface area contributed by atoms with Gasteiger partial charge in [0.25, 0.3) is 0 Å². The van der Waals surface area contributed by atoms with Crippen LogP contribution in [0.3, 0.4) is 0 Å². The van der Waals surface area contributed by atoms with E-state index in [1.807, 2.05) is 6.07 Å². The zero-order valence-corrected chi connectivity index (χ0v) is 25.0. The van der Waals surface area contributed by atoms with E-state index in [1.54, 1.807) is 18.2 Å². The van der Waals surface area contributed by atoms with Crippen LogP contribution >= 0.6 is 0 Å². The minimum atomic E-state index is -0.817. The molecule has 6 atom stereocenters. The molecule has 2 bridgehead atoms. The number of hydrogen-bond donors (Lipinski definition) is 2. The van der Waals surface area contributed by atoms with Crippen molar-refractivity contribution in [2.45, 2.75) is 87.7 Å². The number of rotatable bonds is 5. The number of aromatic nitrogens is 2. The molecule has 1 saturated carbocycles. The lowest BCUT2D eigenvalue weighted by molar-refractivity contribution is 0.0829. The summed E-state index contributed by atoms with van der Waals surface area (Å²) in [5.74, 6) is 1.39. The number of alkyl halides is 1. The number of aromatic hydroxyl groups is 1. The van der Waals surface area contributed by atoms with Gasteiger partial charge in [0.15, 0.2) is 0 Å². The van der Waals surface area contributed by atoms with E-state index in [4.69, 9.17) is 14.7 Å². The number of benzene rings is 2. The zero-order valence-electron chi connectivity index (χ0n) is 25.0. The minimum Gasteiger partial charge on any atom is -0.508 e. The Balaban J connectivity index is 1.07. The Morgan fingerprint density at radius 1 is 1.02 bits per heavy atom. The van der Waals surface area contributed by atoms with Crippen molar-refractivity contribution in [1.82, 2.24) is 20.2 Å². The number of halogens is 2. The van der Waals surface area contributed by atoms with Crippen molar-refractivity contribution < 1.29 is 18.6 Å². The van der Waals surface area contributed by atoms with Crippen LogP contribution in [0.1, 0.15) is 56.2 Å². The molecule has 2 aromatic carbocycles. The van der Waals surface area contributed by atoms with Gasteiger partial charge in [0.05, 0.1) is 23.5 Å². The SMILES string of the molecule is Oc1cc(N2CCc3c(nc(OC[C@@]45C[C@@H](F)CN4[C@@H]4CCC[C@@H]4C5)nc3N3CC4CCC(C3)N4)C2)c2c(F)cccc2c1. The normalized spacial score (nSPS) is 32.7. The molecule has 5 fully saturated rings. The first kappa shape index (κ1) is 27.1. The lowest BCUT2D eigenvalue weighted by Crippen LogP contribution is -2.52. The van der Waals surface area contributed by atoms with Gasteiger partial charge in [-0.2, -0.15) is 9.97 Å². The van der Waals surface area contributed by atoms with Gasteiger partial charge in [0.1, 0.15) is 30.2 Å². The maximum atomic E-state index is 15.1. The Morgan fingerprint density at radius 2 is 1.89 bits per heavy atom. The standard InChI is InChI=1S/C34H40F2N6O2/c35-22-14-34(13-21-4-2-6-29(21)42(34)15-22)19-44-33-38-28-18-40(30-12-25(43)11-20-3-1-5-27(36)31(20)30)10-9-26(28)32(39-33)41-16-23-7-8-24(17-41)37-23/h1,3,5,11-12,21-24,29,37,43H,2,4,6-10,13-19H2/t21-,22-,23?,24?,29-,34-/m1/s1. The van der Waals surface area contributed by atoms with Crippen molar-refractivity contribution in [1.29, 1.82) is 0 Å². The van der Waals surface area contributed by atoms with E-state index in [0.29, 0.717) is 85.6 Å². The summed E-state index contributed by atoms with van der Waals surface area (Å²) in [7, 11) is 0. The molecule has 5 aliphatic heterocycles. The van der Waals surface area contributed by atoms with E-state index >= 15 is 4.39 Å². The van der Waals surface area contributed by atoms with Gasteiger partial charge in [-0.3, -0.25) is 4.90 Å². The molecule has 232 valence electrons. The molecule has 2 unspecified atom stereocenters. The molecule has 8 nitrogen and oxygen atoms in total. The number of anilines is 2. The molecule has 2 N–H and O–H groups in total. The number of ether oxygens (including phenoxy) is 1. The largest absolute Gasteiger partial charge is 0.508 e. The summed E-state index contributed by atoms with van der Waals surface area (Å²) < 4.78 is 36.5. The van der Waals surface area contributed by atoms with Crippen molar-refractivity contribution in [2.75, 3.05) is 42.6 Å². The van der Waals surface area contributed by atoms with Gasteiger partial charge in [-0.15, -0.1) is 0 Å². The van der Waals surface area contributed by atoms with E-state index in [2.05, 4.69) is 20.0 Å². The predicted molar refractivity (Wildman–Crippen MR) is 165 cm³/mol. The average molecular weight is 603 g/mol. The third-order valence-electron chi connectivity index (χ3n) is 11.5. The highest BCUT2D eigenvalue weighted by atomic mass is 19.1. The number of hydrogen-bond acceptors (Lipinski definition) is 8. The first-order valence-corrected chi connectivity index (χ1v) is 16.5. The summed E-state index contributed by atoms with van der Waals surface area (Å²) in [4.78, 5) is 17.0. The van der Waals surface area contributed by atoms with Crippen LogP contribution in [0.5, 0.6) is 11.8 Å². The molecule has 6 aliphatic rings. The van der Waals surface area contributed by atoms with Gasteiger partial charge in [-0.25, -0.2) is 8.78 Å². The van der Waals surface area contributed by atoms with Crippen LogP contribution in [0.15, 0.2) is 30.3 Å². The van der Waals surface area contributed by atoms with E-state index in [0.717, 1.165) is 43.0 Å². The number of piperazine rings is 1. The molecule has 0 amide bonds. The summed E-state index contributed by atoms with van der Waals surface area (Å²) in [6.45, 7) is 3.83. The molecule has 1 aliphatic carbocycles. The summed E-state index contributed by atoms with van der Waals surface area (Å²) in [6.07, 6.45) is 7.36. The highest BCUT2D eigenvalue weighted by Crippen LogP contribution is 2.52. The minimum absolute atomic E-state index is 0.112. The number of phenolic OH excluding ortho intramolecular Hbond substituents is 1. The van der Waals surface area contributed by atoms with Crippen LogP contribution in [0.4, 0.5) is 20.3 Å². The number of phenols is 1. The second-order valence-electron chi connectivity index (χ2n) is 14.2. The zero-order chi connectivity index (χ0) is 29.6. The van der Waals surface area contributed by atoms with Crippen LogP contribution < -0.4 is 19.9 Å². The lowest BCUT2D eigenvalue weighted by Gasteiger charge is -2.38. The third-order valence-corrected chi connectivity index (χ3v) is 11.5. The fourth-order valence-electron chi connectivity index (χ4n) is 9.73. The van der Waals surface area contributed by atoms with Crippen molar-refractivity contribution in [2.24, 2.45) is 5.92 Å². The van der Waals surface area contributed by atoms with Crippen molar-refractivity contribution in [3.8, 4) is 11.8 Å². The number of fused-ring (bicyclic) bond motifs is 7. The highest BCUT2D eigenvalue weighted by Gasteiger charge is 2.58. The van der Waals surface area contributed by atoms with E-state index in [-0.39, 0.29) is 17.1 Å². The van der Waals surface area contributed by atoms with Gasteiger partial charge in [-0.1, -0.05) is 18.6 Å². The topological polar surface area (TPSA) is 77.0 Å². The summed E-state index contributed by atoms with van der Waals surface area (Å²) in [5, 5.41) is 15.4. The van der Waals surface area contributed by atoms with Crippen LogP contribution in [-0.2, 0) is 13.0 Å². The fourth-order valence-corrected chi connectivity index (χ4v) is 9.73. The highest BCUT2D eigenvalue weighted by molar-refractivity contribution is 5.96. The van der Waals surface area contributed by atoms with E-state index in [9.17, 15) is 9.50 Å². The smallest absolute Gasteiger partial charge is 0.318 e. The number of nitrogens with zero attached hydrogens (tertiary/aromatic N) is 5. The van der Waals surface area contributed by atoms with Gasteiger partial charge in [0.2, 0.25) is 0 Å². The third kappa shape index (κ3) is 4.35. The lowest BCUT2D eigenvalue weighted by atomic mass is 9.89. The number of nitrogens with one attached hydrogen (secondary N) is 1. The van der Waals surface area contributed by atoms with Crippen molar-refractivity contribution >= 4 is 22.3 Å². The van der Waals surface area contributed by atoms with Crippen molar-refractivity contribution in [3.63, 3.8) is 0 Å². The molecule has 10 heteroatoms.